The zero-order valence-electron chi connectivity index (χ0n) is 19.8. The van der Waals surface area contributed by atoms with Crippen LogP contribution in [0.2, 0.25) is 0 Å². The molecule has 34 heavy (non-hydrogen) atoms. The molecule has 2 aromatic carbocycles. The third kappa shape index (κ3) is 7.33. The van der Waals surface area contributed by atoms with Gasteiger partial charge in [0.25, 0.3) is 0 Å². The summed E-state index contributed by atoms with van der Waals surface area (Å²) in [6.45, 7) is 1.82. The Labute approximate surface area is 202 Å². The molecule has 1 heterocycles. The minimum absolute atomic E-state index is 0.00805. The normalized spacial score (nSPS) is 30.7. The number of aliphatic hydroxyl groups excluding tert-OH is 1. The third-order valence-corrected chi connectivity index (χ3v) is 6.75. The Bertz CT molecular complexity index is 828. The molecule has 0 bridgehead atoms. The summed E-state index contributed by atoms with van der Waals surface area (Å²) < 4.78 is 18.7. The molecule has 1 aliphatic heterocycles. The molecule has 1 aliphatic carbocycles. The van der Waals surface area contributed by atoms with Gasteiger partial charge in [0.05, 0.1) is 31.5 Å². The topological polar surface area (TPSA) is 112 Å². The van der Waals surface area contributed by atoms with Crippen LogP contribution in [0.3, 0.4) is 0 Å². The van der Waals surface area contributed by atoms with Crippen molar-refractivity contribution in [1.82, 2.24) is 5.32 Å². The number of rotatable bonds is 10. The van der Waals surface area contributed by atoms with Crippen molar-refractivity contribution in [3.63, 3.8) is 0 Å². The molecule has 7 atom stereocenters. The molecule has 5 unspecified atom stereocenters. The van der Waals surface area contributed by atoms with Crippen molar-refractivity contribution in [2.75, 3.05) is 6.61 Å². The molecule has 0 aromatic heterocycles. The van der Waals surface area contributed by atoms with Gasteiger partial charge in [-0.3, -0.25) is 0 Å². The molecule has 1 saturated heterocycles. The number of benzene rings is 2. The molecule has 1 saturated carbocycles. The van der Waals surface area contributed by atoms with Crippen LogP contribution < -0.4 is 16.8 Å². The number of nitrogens with one attached hydrogen (secondary N) is 1. The van der Waals surface area contributed by atoms with Gasteiger partial charge < -0.3 is 36.1 Å². The number of nitrogens with two attached hydrogens (primary N) is 2. The molecule has 2 aliphatic rings. The Kier molecular flexibility index (Phi) is 9.47. The number of hydrogen-bond acceptors (Lipinski definition) is 7. The van der Waals surface area contributed by atoms with Gasteiger partial charge in [-0.25, -0.2) is 0 Å². The molecule has 2 aromatic rings. The second kappa shape index (κ2) is 12.7. The summed E-state index contributed by atoms with van der Waals surface area (Å²) in [6, 6.07) is 20.2. The number of aliphatic hydroxyl groups is 1. The Hall–Kier alpha value is -1.84. The van der Waals surface area contributed by atoms with E-state index in [1.807, 2.05) is 36.4 Å². The fraction of sp³-hybridized carbons (Fsp3) is 0.556. The van der Waals surface area contributed by atoms with Gasteiger partial charge in [-0.1, -0.05) is 60.7 Å². The summed E-state index contributed by atoms with van der Waals surface area (Å²) in [6.07, 6.45) is 2.27. The van der Waals surface area contributed by atoms with Crippen LogP contribution in [0.1, 0.15) is 43.2 Å². The van der Waals surface area contributed by atoms with Crippen molar-refractivity contribution in [1.29, 1.82) is 0 Å². The first-order chi connectivity index (χ1) is 16.6. The molecule has 0 amide bonds. The highest BCUT2D eigenvalue weighted by Crippen LogP contribution is 2.28. The fourth-order valence-electron chi connectivity index (χ4n) is 4.91. The van der Waals surface area contributed by atoms with Crippen LogP contribution >= 0.6 is 0 Å². The van der Waals surface area contributed by atoms with Crippen LogP contribution in [0, 0.1) is 0 Å². The van der Waals surface area contributed by atoms with Crippen LogP contribution in [0.5, 0.6) is 0 Å². The molecule has 7 nitrogen and oxygen atoms in total. The largest absolute Gasteiger partial charge is 0.390 e. The molecular formula is C27H39N3O4. The summed E-state index contributed by atoms with van der Waals surface area (Å²) in [4.78, 5) is 0. The maximum atomic E-state index is 10.5. The predicted octanol–water partition coefficient (Wildman–Crippen LogP) is 2.45. The quantitative estimate of drug-likeness (QED) is 0.423. The van der Waals surface area contributed by atoms with E-state index in [9.17, 15) is 5.11 Å². The highest BCUT2D eigenvalue weighted by molar-refractivity contribution is 5.15. The SMILES string of the molecule is NC1CC(N)[C@@H](O[C@@H]2CCCC(C(COCc3ccccc3)NCc3ccccc3)O2)C(O)C1. The van der Waals surface area contributed by atoms with Crippen molar-refractivity contribution in [3.8, 4) is 0 Å². The molecule has 0 radical (unpaired) electrons. The van der Waals surface area contributed by atoms with E-state index < -0.39 is 18.5 Å². The lowest BCUT2D eigenvalue weighted by atomic mass is 9.87. The van der Waals surface area contributed by atoms with Gasteiger partial charge >= 0.3 is 0 Å². The zero-order chi connectivity index (χ0) is 23.8. The van der Waals surface area contributed by atoms with Crippen molar-refractivity contribution in [3.05, 3.63) is 71.8 Å². The maximum absolute atomic E-state index is 10.5. The van der Waals surface area contributed by atoms with Crippen molar-refractivity contribution >= 4 is 0 Å². The highest BCUT2D eigenvalue weighted by atomic mass is 16.7. The van der Waals surface area contributed by atoms with Crippen molar-refractivity contribution in [2.45, 2.75) is 88.0 Å². The Morgan fingerprint density at radius 2 is 1.68 bits per heavy atom. The minimum Gasteiger partial charge on any atom is -0.390 e. The second-order valence-electron chi connectivity index (χ2n) is 9.57. The summed E-state index contributed by atoms with van der Waals surface area (Å²) in [5.74, 6) is 0. The average Bonchev–Trinajstić information content (AvgIpc) is 2.85. The minimum atomic E-state index is -0.663. The maximum Gasteiger partial charge on any atom is 0.158 e. The van der Waals surface area contributed by atoms with Crippen molar-refractivity contribution < 1.29 is 19.3 Å². The van der Waals surface area contributed by atoms with E-state index in [0.29, 0.717) is 26.1 Å². The van der Waals surface area contributed by atoms with Gasteiger partial charge in [0.2, 0.25) is 0 Å². The van der Waals surface area contributed by atoms with Gasteiger partial charge in [-0.2, -0.15) is 0 Å². The molecule has 4 rings (SSSR count). The highest BCUT2D eigenvalue weighted by Gasteiger charge is 2.38. The van der Waals surface area contributed by atoms with E-state index in [-0.39, 0.29) is 24.2 Å². The van der Waals surface area contributed by atoms with Gasteiger partial charge in [-0.15, -0.1) is 0 Å². The lowest BCUT2D eigenvalue weighted by molar-refractivity contribution is -0.243. The Morgan fingerprint density at radius 1 is 0.971 bits per heavy atom. The summed E-state index contributed by atoms with van der Waals surface area (Å²) in [5.41, 5.74) is 14.6. The molecular weight excluding hydrogens is 430 g/mol. The van der Waals surface area contributed by atoms with Gasteiger partial charge in [0, 0.05) is 18.6 Å². The zero-order valence-corrected chi connectivity index (χ0v) is 19.8. The standard InChI is InChI=1S/C27H39N3O4/c28-21-14-22(29)27(24(31)15-21)34-26-13-7-12-25(33-26)23(30-16-19-8-3-1-4-9-19)18-32-17-20-10-5-2-6-11-20/h1-6,8-11,21-27,30-31H,7,12-18,28-29H2/t21?,22?,23?,24?,25?,26-,27-/m1/s1. The van der Waals surface area contributed by atoms with E-state index in [4.69, 9.17) is 25.7 Å². The monoisotopic (exact) mass is 469 g/mol. The van der Waals surface area contributed by atoms with E-state index >= 15 is 0 Å². The first kappa shape index (κ1) is 25.3. The smallest absolute Gasteiger partial charge is 0.158 e. The predicted molar refractivity (Wildman–Crippen MR) is 132 cm³/mol. The fourth-order valence-corrected chi connectivity index (χ4v) is 4.91. The Morgan fingerprint density at radius 3 is 2.38 bits per heavy atom. The first-order valence-corrected chi connectivity index (χ1v) is 12.5. The van der Waals surface area contributed by atoms with E-state index in [1.54, 1.807) is 0 Å². The van der Waals surface area contributed by atoms with Gasteiger partial charge in [0.1, 0.15) is 6.10 Å². The van der Waals surface area contributed by atoms with E-state index in [0.717, 1.165) is 31.4 Å². The van der Waals surface area contributed by atoms with Gasteiger partial charge in [0.15, 0.2) is 6.29 Å². The summed E-state index contributed by atoms with van der Waals surface area (Å²) in [5, 5.41) is 14.1. The Balaban J connectivity index is 1.36. The van der Waals surface area contributed by atoms with Crippen LogP contribution in [0.4, 0.5) is 0 Å². The molecule has 0 spiro atoms. The van der Waals surface area contributed by atoms with Crippen LogP contribution in [-0.2, 0) is 27.4 Å². The molecule has 7 heteroatoms. The average molecular weight is 470 g/mol. The lowest BCUT2D eigenvalue weighted by Crippen LogP contribution is -2.56. The van der Waals surface area contributed by atoms with Gasteiger partial charge in [-0.05, 0) is 43.2 Å². The van der Waals surface area contributed by atoms with E-state index in [1.165, 1.54) is 5.56 Å². The van der Waals surface area contributed by atoms with Crippen LogP contribution in [-0.4, -0.2) is 54.4 Å². The first-order valence-electron chi connectivity index (χ1n) is 12.5. The van der Waals surface area contributed by atoms with Crippen LogP contribution in [0.15, 0.2) is 60.7 Å². The second-order valence-corrected chi connectivity index (χ2v) is 9.57. The summed E-state index contributed by atoms with van der Waals surface area (Å²) in [7, 11) is 0. The molecule has 2 fully saturated rings. The summed E-state index contributed by atoms with van der Waals surface area (Å²) >= 11 is 0. The number of ether oxygens (including phenoxy) is 3. The van der Waals surface area contributed by atoms with E-state index in [2.05, 4.69) is 29.6 Å². The van der Waals surface area contributed by atoms with Crippen LogP contribution in [0.25, 0.3) is 0 Å². The lowest BCUT2D eigenvalue weighted by Gasteiger charge is -2.41. The van der Waals surface area contributed by atoms with Crippen molar-refractivity contribution in [2.24, 2.45) is 11.5 Å². The number of hydrogen-bond donors (Lipinski definition) is 4. The third-order valence-electron chi connectivity index (χ3n) is 6.75. The molecule has 186 valence electrons. The molecule has 6 N–H and O–H groups in total.